The number of alkyl halides is 3. The molecule has 0 bridgehead atoms. The number of piperidine rings is 1. The van der Waals surface area contributed by atoms with Gasteiger partial charge < -0.3 is 9.84 Å². The van der Waals surface area contributed by atoms with E-state index in [0.717, 1.165) is 5.56 Å². The fraction of sp³-hybridized carbons (Fsp3) is 0.571. The summed E-state index contributed by atoms with van der Waals surface area (Å²) in [5.74, 6) is -0.877. The van der Waals surface area contributed by atoms with Crippen molar-refractivity contribution < 1.29 is 23.0 Å². The van der Waals surface area contributed by atoms with Gasteiger partial charge in [-0.2, -0.15) is 13.2 Å². The monoisotopic (exact) mass is 289 g/mol. The maximum atomic E-state index is 12.7. The average molecular weight is 289 g/mol. The Morgan fingerprint density at radius 1 is 1.40 bits per heavy atom. The first kappa shape index (κ1) is 15.0. The van der Waals surface area contributed by atoms with Gasteiger partial charge in [-0.3, -0.25) is 4.90 Å². The Morgan fingerprint density at radius 2 is 2.15 bits per heavy atom. The lowest BCUT2D eigenvalue weighted by Gasteiger charge is -2.33. The minimum absolute atomic E-state index is 0.00869. The number of rotatable bonds is 3. The maximum absolute atomic E-state index is 12.7. The van der Waals surface area contributed by atoms with Crippen molar-refractivity contribution in [1.82, 2.24) is 4.90 Å². The lowest BCUT2D eigenvalue weighted by Crippen LogP contribution is -2.41. The Labute approximate surface area is 116 Å². The molecule has 1 aromatic rings. The molecule has 1 unspecified atom stereocenters. The Kier molecular flexibility index (Phi) is 4.42. The van der Waals surface area contributed by atoms with E-state index >= 15 is 0 Å². The van der Waals surface area contributed by atoms with Gasteiger partial charge in [-0.1, -0.05) is 6.07 Å². The van der Waals surface area contributed by atoms with Crippen molar-refractivity contribution >= 4 is 0 Å². The number of halogens is 3. The third-order valence-electron chi connectivity index (χ3n) is 3.62. The molecule has 6 heteroatoms. The molecule has 0 aromatic heterocycles. The van der Waals surface area contributed by atoms with Gasteiger partial charge in [0.1, 0.15) is 0 Å². The topological polar surface area (TPSA) is 32.7 Å². The zero-order valence-corrected chi connectivity index (χ0v) is 11.3. The zero-order chi connectivity index (χ0) is 14.8. The highest BCUT2D eigenvalue weighted by Gasteiger charge is 2.41. The first-order chi connectivity index (χ1) is 9.40. The van der Waals surface area contributed by atoms with Gasteiger partial charge in [-0.05, 0) is 37.1 Å². The molecule has 0 aliphatic carbocycles. The van der Waals surface area contributed by atoms with Crippen LogP contribution in [-0.4, -0.2) is 36.4 Å². The molecule has 3 nitrogen and oxygen atoms in total. The molecular formula is C14H18F3NO2. The second-order valence-corrected chi connectivity index (χ2v) is 5.12. The number of hydrogen-bond acceptors (Lipinski definition) is 3. The zero-order valence-electron chi connectivity index (χ0n) is 11.3. The van der Waals surface area contributed by atoms with E-state index in [0.29, 0.717) is 25.3 Å². The Hall–Kier alpha value is -1.43. The van der Waals surface area contributed by atoms with Crippen molar-refractivity contribution in [2.24, 2.45) is 5.92 Å². The van der Waals surface area contributed by atoms with E-state index in [1.807, 2.05) is 0 Å². The lowest BCUT2D eigenvalue weighted by molar-refractivity contribution is -0.187. The molecule has 0 spiro atoms. The van der Waals surface area contributed by atoms with E-state index in [4.69, 9.17) is 4.74 Å². The summed E-state index contributed by atoms with van der Waals surface area (Å²) in [7, 11) is 1.45. The lowest BCUT2D eigenvalue weighted by atomic mass is 9.97. The normalized spacial score (nSPS) is 20.9. The van der Waals surface area contributed by atoms with E-state index in [-0.39, 0.29) is 18.7 Å². The SMILES string of the molecule is COc1ccc(CN2CCCC(C(F)(F)F)C2)cc1O. The van der Waals surface area contributed by atoms with Crippen LogP contribution in [-0.2, 0) is 6.54 Å². The molecule has 1 N–H and O–H groups in total. The summed E-state index contributed by atoms with van der Waals surface area (Å²) >= 11 is 0. The number of nitrogens with zero attached hydrogens (tertiary/aromatic N) is 1. The number of benzene rings is 1. The predicted molar refractivity (Wildman–Crippen MR) is 68.7 cm³/mol. The van der Waals surface area contributed by atoms with Crippen LogP contribution in [0.2, 0.25) is 0 Å². The smallest absolute Gasteiger partial charge is 0.393 e. The van der Waals surface area contributed by atoms with Gasteiger partial charge in [0, 0.05) is 13.1 Å². The first-order valence-electron chi connectivity index (χ1n) is 6.55. The number of phenols is 1. The molecule has 1 saturated heterocycles. The summed E-state index contributed by atoms with van der Waals surface area (Å²) < 4.78 is 43.1. The second kappa shape index (κ2) is 5.91. The highest BCUT2D eigenvalue weighted by atomic mass is 19.4. The molecule has 0 radical (unpaired) electrons. The predicted octanol–water partition coefficient (Wildman–Crippen LogP) is 3.18. The van der Waals surface area contributed by atoms with Crippen molar-refractivity contribution in [3.05, 3.63) is 23.8 Å². The number of likely N-dealkylation sites (tertiary alicyclic amines) is 1. The van der Waals surface area contributed by atoms with E-state index in [1.54, 1.807) is 17.0 Å². The second-order valence-electron chi connectivity index (χ2n) is 5.12. The van der Waals surface area contributed by atoms with Crippen molar-refractivity contribution in [2.45, 2.75) is 25.6 Å². The molecule has 1 fully saturated rings. The van der Waals surface area contributed by atoms with Gasteiger partial charge in [0.2, 0.25) is 0 Å². The van der Waals surface area contributed by atoms with Crippen LogP contribution >= 0.6 is 0 Å². The highest BCUT2D eigenvalue weighted by molar-refractivity contribution is 5.41. The molecule has 1 atom stereocenters. The van der Waals surface area contributed by atoms with Gasteiger partial charge in [-0.25, -0.2) is 0 Å². The van der Waals surface area contributed by atoms with Crippen molar-refractivity contribution in [1.29, 1.82) is 0 Å². The minimum atomic E-state index is -4.12. The first-order valence-corrected chi connectivity index (χ1v) is 6.55. The van der Waals surface area contributed by atoms with Crippen LogP contribution in [0.25, 0.3) is 0 Å². The summed E-state index contributed by atoms with van der Waals surface area (Å²) in [5.41, 5.74) is 0.783. The highest BCUT2D eigenvalue weighted by Crippen LogP contribution is 2.34. The molecule has 0 saturated carbocycles. The molecule has 1 aliphatic rings. The number of ether oxygens (including phenoxy) is 1. The molecule has 1 aliphatic heterocycles. The van der Waals surface area contributed by atoms with Crippen LogP contribution in [0.15, 0.2) is 18.2 Å². The molecule has 20 heavy (non-hydrogen) atoms. The molecule has 2 rings (SSSR count). The van der Waals surface area contributed by atoms with Crippen LogP contribution in [0.5, 0.6) is 11.5 Å². The Bertz CT molecular complexity index is 462. The van der Waals surface area contributed by atoms with Crippen LogP contribution in [0.4, 0.5) is 13.2 Å². The number of phenolic OH excluding ortho intramolecular Hbond substituents is 1. The summed E-state index contributed by atoms with van der Waals surface area (Å²) in [6.45, 7) is 1.08. The molecule has 112 valence electrons. The van der Waals surface area contributed by atoms with E-state index < -0.39 is 12.1 Å². The van der Waals surface area contributed by atoms with Crippen LogP contribution in [0, 0.1) is 5.92 Å². The van der Waals surface area contributed by atoms with E-state index in [9.17, 15) is 18.3 Å². The average Bonchev–Trinajstić information content (AvgIpc) is 2.38. The molecular weight excluding hydrogens is 271 g/mol. The van der Waals surface area contributed by atoms with Crippen LogP contribution in [0.1, 0.15) is 18.4 Å². The summed E-state index contributed by atoms with van der Waals surface area (Å²) in [5, 5.41) is 9.68. The quantitative estimate of drug-likeness (QED) is 0.927. The third kappa shape index (κ3) is 3.56. The van der Waals surface area contributed by atoms with Crippen molar-refractivity contribution in [2.75, 3.05) is 20.2 Å². The van der Waals surface area contributed by atoms with Crippen LogP contribution < -0.4 is 4.74 Å². The molecule has 1 heterocycles. The van der Waals surface area contributed by atoms with E-state index in [2.05, 4.69) is 0 Å². The fourth-order valence-corrected chi connectivity index (χ4v) is 2.56. The standard InChI is InChI=1S/C14H18F3NO2/c1-20-13-5-4-10(7-12(13)19)8-18-6-2-3-11(9-18)14(15,16)17/h4-5,7,11,19H,2-3,6,8-9H2,1H3. The van der Waals surface area contributed by atoms with Gasteiger partial charge >= 0.3 is 6.18 Å². The van der Waals surface area contributed by atoms with Gasteiger partial charge in [0.05, 0.1) is 13.0 Å². The van der Waals surface area contributed by atoms with Gasteiger partial charge in [-0.15, -0.1) is 0 Å². The van der Waals surface area contributed by atoms with Gasteiger partial charge in [0.25, 0.3) is 0 Å². The van der Waals surface area contributed by atoms with Crippen molar-refractivity contribution in [3.8, 4) is 11.5 Å². The largest absolute Gasteiger partial charge is 0.504 e. The Balaban J connectivity index is 2.01. The molecule has 1 aromatic carbocycles. The number of hydrogen-bond donors (Lipinski definition) is 1. The molecule has 0 amide bonds. The maximum Gasteiger partial charge on any atom is 0.393 e. The Morgan fingerprint density at radius 3 is 2.75 bits per heavy atom. The van der Waals surface area contributed by atoms with E-state index in [1.165, 1.54) is 13.2 Å². The van der Waals surface area contributed by atoms with Gasteiger partial charge in [0.15, 0.2) is 11.5 Å². The minimum Gasteiger partial charge on any atom is -0.504 e. The van der Waals surface area contributed by atoms with Crippen LogP contribution in [0.3, 0.4) is 0 Å². The summed E-state index contributed by atoms with van der Waals surface area (Å²) in [6, 6.07) is 4.92. The summed E-state index contributed by atoms with van der Waals surface area (Å²) in [4.78, 5) is 1.78. The number of methoxy groups -OCH3 is 1. The third-order valence-corrected chi connectivity index (χ3v) is 3.62. The fourth-order valence-electron chi connectivity index (χ4n) is 2.56. The summed E-state index contributed by atoms with van der Waals surface area (Å²) in [6.07, 6.45) is -3.37. The number of aromatic hydroxyl groups is 1. The van der Waals surface area contributed by atoms with Crippen molar-refractivity contribution in [3.63, 3.8) is 0 Å².